The van der Waals surface area contributed by atoms with Crippen LogP contribution in [0.15, 0.2) is 61.1 Å². The van der Waals surface area contributed by atoms with Crippen molar-refractivity contribution in [3.05, 3.63) is 66.6 Å². The zero-order valence-electron chi connectivity index (χ0n) is 16.1. The summed E-state index contributed by atoms with van der Waals surface area (Å²) in [5.74, 6) is 0.587. The first-order valence-electron chi connectivity index (χ1n) is 9.57. The first-order chi connectivity index (χ1) is 13.2. The van der Waals surface area contributed by atoms with Gasteiger partial charge in [-0.2, -0.15) is 5.10 Å². The molecule has 0 fully saturated rings. The summed E-state index contributed by atoms with van der Waals surface area (Å²) in [6.45, 7) is 7.65. The summed E-state index contributed by atoms with van der Waals surface area (Å²) < 4.78 is 7.57. The molecule has 5 heteroatoms. The molecule has 0 radical (unpaired) electrons. The van der Waals surface area contributed by atoms with Crippen molar-refractivity contribution in [3.8, 4) is 16.9 Å². The largest absolute Gasteiger partial charge is 0.381 e. The summed E-state index contributed by atoms with van der Waals surface area (Å²) in [5.41, 5.74) is 4.21. The first kappa shape index (κ1) is 19.3. The molecule has 0 spiro atoms. The van der Waals surface area contributed by atoms with Crippen molar-refractivity contribution < 1.29 is 4.74 Å². The molecule has 3 aromatic rings. The standard InChI is InChI=1S/C22H28N4O/c1-18(2)17-27-13-7-12-24-15-20-16-26(21-9-4-3-5-10-21)25-22(20)19-8-6-11-23-14-19/h3-6,8-11,14,16,18,24H,7,12-13,15,17H2,1-2H3. The van der Waals surface area contributed by atoms with Gasteiger partial charge in [-0.15, -0.1) is 0 Å². The number of hydrogen-bond acceptors (Lipinski definition) is 4. The molecule has 2 heterocycles. The van der Waals surface area contributed by atoms with Crippen LogP contribution in [0.1, 0.15) is 25.8 Å². The Morgan fingerprint density at radius 1 is 1.11 bits per heavy atom. The van der Waals surface area contributed by atoms with E-state index in [1.54, 1.807) is 6.20 Å². The van der Waals surface area contributed by atoms with Gasteiger partial charge in [-0.1, -0.05) is 32.0 Å². The first-order valence-corrected chi connectivity index (χ1v) is 9.57. The Balaban J connectivity index is 1.65. The zero-order valence-corrected chi connectivity index (χ0v) is 16.1. The van der Waals surface area contributed by atoms with Crippen molar-refractivity contribution in [2.75, 3.05) is 19.8 Å². The number of nitrogens with zero attached hydrogens (tertiary/aromatic N) is 3. The predicted molar refractivity (Wildman–Crippen MR) is 109 cm³/mol. The van der Waals surface area contributed by atoms with Crippen LogP contribution in [0, 0.1) is 5.92 Å². The number of hydrogen-bond donors (Lipinski definition) is 1. The molecule has 1 N–H and O–H groups in total. The highest BCUT2D eigenvalue weighted by Crippen LogP contribution is 2.22. The molecular weight excluding hydrogens is 336 g/mol. The Hall–Kier alpha value is -2.50. The number of para-hydroxylation sites is 1. The molecular formula is C22H28N4O. The van der Waals surface area contributed by atoms with Crippen molar-refractivity contribution in [1.29, 1.82) is 0 Å². The third kappa shape index (κ3) is 5.74. The molecule has 1 aromatic carbocycles. The quantitative estimate of drug-likeness (QED) is 0.551. The summed E-state index contributed by atoms with van der Waals surface area (Å²) >= 11 is 0. The fourth-order valence-corrected chi connectivity index (χ4v) is 2.84. The third-order valence-corrected chi connectivity index (χ3v) is 4.15. The van der Waals surface area contributed by atoms with Crippen LogP contribution < -0.4 is 5.32 Å². The molecule has 27 heavy (non-hydrogen) atoms. The van der Waals surface area contributed by atoms with Crippen molar-refractivity contribution >= 4 is 0 Å². The fraction of sp³-hybridized carbons (Fsp3) is 0.364. The average molecular weight is 364 g/mol. The highest BCUT2D eigenvalue weighted by atomic mass is 16.5. The van der Waals surface area contributed by atoms with Gasteiger partial charge < -0.3 is 10.1 Å². The lowest BCUT2D eigenvalue weighted by Crippen LogP contribution is -2.17. The molecule has 0 bridgehead atoms. The summed E-state index contributed by atoms with van der Waals surface area (Å²) in [6, 6.07) is 14.2. The van der Waals surface area contributed by atoms with Gasteiger partial charge in [0.2, 0.25) is 0 Å². The minimum atomic E-state index is 0.587. The fourth-order valence-electron chi connectivity index (χ4n) is 2.84. The van der Waals surface area contributed by atoms with E-state index < -0.39 is 0 Å². The molecule has 0 unspecified atom stereocenters. The second-order valence-corrected chi connectivity index (χ2v) is 7.02. The molecule has 5 nitrogen and oxygen atoms in total. The number of benzene rings is 1. The van der Waals surface area contributed by atoms with Crippen LogP contribution in [0.25, 0.3) is 16.9 Å². The van der Waals surface area contributed by atoms with Crippen LogP contribution >= 0.6 is 0 Å². The van der Waals surface area contributed by atoms with E-state index in [2.05, 4.69) is 42.5 Å². The lowest BCUT2D eigenvalue weighted by Gasteiger charge is -2.07. The normalized spacial score (nSPS) is 11.2. The average Bonchev–Trinajstić information content (AvgIpc) is 3.12. The Labute approximate surface area is 161 Å². The summed E-state index contributed by atoms with van der Waals surface area (Å²) in [5, 5.41) is 8.32. The molecule has 2 aromatic heterocycles. The molecule has 0 saturated carbocycles. The van der Waals surface area contributed by atoms with Gasteiger partial charge in [0.25, 0.3) is 0 Å². The van der Waals surface area contributed by atoms with Gasteiger partial charge in [-0.3, -0.25) is 4.98 Å². The lowest BCUT2D eigenvalue weighted by atomic mass is 10.1. The van der Waals surface area contributed by atoms with Crippen LogP contribution in [-0.2, 0) is 11.3 Å². The lowest BCUT2D eigenvalue weighted by molar-refractivity contribution is 0.108. The molecule has 0 aliphatic heterocycles. The Morgan fingerprint density at radius 3 is 2.70 bits per heavy atom. The van der Waals surface area contributed by atoms with Gasteiger partial charge in [0.15, 0.2) is 0 Å². The number of pyridine rings is 1. The summed E-state index contributed by atoms with van der Waals surface area (Å²) in [7, 11) is 0. The summed E-state index contributed by atoms with van der Waals surface area (Å²) in [4.78, 5) is 4.24. The number of aromatic nitrogens is 3. The van der Waals surface area contributed by atoms with Crippen LogP contribution in [-0.4, -0.2) is 34.5 Å². The highest BCUT2D eigenvalue weighted by Gasteiger charge is 2.12. The van der Waals surface area contributed by atoms with E-state index >= 15 is 0 Å². The van der Waals surface area contributed by atoms with Crippen LogP contribution in [0.4, 0.5) is 0 Å². The monoisotopic (exact) mass is 364 g/mol. The molecule has 0 aliphatic rings. The number of nitrogens with one attached hydrogen (secondary N) is 1. The van der Waals surface area contributed by atoms with Gasteiger partial charge in [0, 0.05) is 49.5 Å². The van der Waals surface area contributed by atoms with E-state index in [1.165, 1.54) is 0 Å². The topological polar surface area (TPSA) is 52.0 Å². The maximum absolute atomic E-state index is 5.64. The van der Waals surface area contributed by atoms with Crippen LogP contribution in [0.5, 0.6) is 0 Å². The molecule has 0 amide bonds. The van der Waals surface area contributed by atoms with Gasteiger partial charge >= 0.3 is 0 Å². The molecule has 0 atom stereocenters. The maximum atomic E-state index is 5.64. The number of ether oxygens (including phenoxy) is 1. The van der Waals surface area contributed by atoms with Crippen LogP contribution in [0.3, 0.4) is 0 Å². The number of rotatable bonds is 10. The van der Waals surface area contributed by atoms with Crippen molar-refractivity contribution in [2.45, 2.75) is 26.8 Å². The Kier molecular flexibility index (Phi) is 7.13. The van der Waals surface area contributed by atoms with Crippen molar-refractivity contribution in [2.24, 2.45) is 5.92 Å². The molecule has 3 rings (SSSR count). The van der Waals surface area contributed by atoms with Gasteiger partial charge in [0.05, 0.1) is 11.4 Å². The van der Waals surface area contributed by atoms with E-state index in [4.69, 9.17) is 9.84 Å². The van der Waals surface area contributed by atoms with Crippen molar-refractivity contribution in [1.82, 2.24) is 20.1 Å². The smallest absolute Gasteiger partial charge is 0.0988 e. The minimum absolute atomic E-state index is 0.587. The summed E-state index contributed by atoms with van der Waals surface area (Å²) in [6.07, 6.45) is 6.75. The Morgan fingerprint density at radius 2 is 1.96 bits per heavy atom. The maximum Gasteiger partial charge on any atom is 0.0988 e. The zero-order chi connectivity index (χ0) is 18.9. The highest BCUT2D eigenvalue weighted by molar-refractivity contribution is 5.62. The molecule has 142 valence electrons. The van der Waals surface area contributed by atoms with E-state index in [1.807, 2.05) is 41.2 Å². The van der Waals surface area contributed by atoms with E-state index in [-0.39, 0.29) is 0 Å². The molecule has 0 aliphatic carbocycles. The van der Waals surface area contributed by atoms with E-state index in [0.717, 1.165) is 55.2 Å². The van der Waals surface area contributed by atoms with Crippen LogP contribution in [0.2, 0.25) is 0 Å². The predicted octanol–water partition coefficient (Wildman–Crippen LogP) is 4.09. The third-order valence-electron chi connectivity index (χ3n) is 4.15. The second-order valence-electron chi connectivity index (χ2n) is 7.02. The van der Waals surface area contributed by atoms with E-state index in [0.29, 0.717) is 5.92 Å². The van der Waals surface area contributed by atoms with Gasteiger partial charge in [-0.25, -0.2) is 4.68 Å². The van der Waals surface area contributed by atoms with Gasteiger partial charge in [-0.05, 0) is 43.1 Å². The minimum Gasteiger partial charge on any atom is -0.381 e. The van der Waals surface area contributed by atoms with E-state index in [9.17, 15) is 0 Å². The SMILES string of the molecule is CC(C)COCCCNCc1cn(-c2ccccc2)nc1-c1cccnc1. The van der Waals surface area contributed by atoms with Crippen molar-refractivity contribution in [3.63, 3.8) is 0 Å². The molecule has 0 saturated heterocycles. The Bertz CT molecular complexity index is 800. The van der Waals surface area contributed by atoms with Gasteiger partial charge in [0.1, 0.15) is 0 Å². The second kappa shape index (κ2) is 10.00.